The molecule has 2 N–H and O–H groups in total. The minimum Gasteiger partial charge on any atom is -0.326 e. The topological polar surface area (TPSA) is 38.9 Å². The molecule has 0 radical (unpaired) electrons. The van der Waals surface area contributed by atoms with Gasteiger partial charge < -0.3 is 5.73 Å². The fraction of sp³-hybridized carbons (Fsp3) is 0.0714. The maximum atomic E-state index is 5.54. The molecule has 0 aliphatic carbocycles. The highest BCUT2D eigenvalue weighted by Crippen LogP contribution is 2.08. The van der Waals surface area contributed by atoms with Gasteiger partial charge >= 0.3 is 0 Å². The summed E-state index contributed by atoms with van der Waals surface area (Å²) in [6.45, 7) is 0.590. The average Bonchev–Trinajstić information content (AvgIpc) is 2.38. The SMILES string of the molecule is NCc1ccc(C=Cc2cccnc2)cc1. The summed E-state index contributed by atoms with van der Waals surface area (Å²) >= 11 is 0. The molecule has 0 fully saturated rings. The van der Waals surface area contributed by atoms with E-state index in [2.05, 4.69) is 23.2 Å². The number of benzene rings is 1. The lowest BCUT2D eigenvalue weighted by Gasteiger charge is -1.97. The van der Waals surface area contributed by atoms with E-state index < -0.39 is 0 Å². The second kappa shape index (κ2) is 5.24. The van der Waals surface area contributed by atoms with Crippen LogP contribution in [0.5, 0.6) is 0 Å². The van der Waals surface area contributed by atoms with Gasteiger partial charge in [0.05, 0.1) is 0 Å². The van der Waals surface area contributed by atoms with Crippen LogP contribution < -0.4 is 5.73 Å². The third kappa shape index (κ3) is 2.78. The summed E-state index contributed by atoms with van der Waals surface area (Å²) in [5, 5.41) is 0. The summed E-state index contributed by atoms with van der Waals surface area (Å²) in [5.41, 5.74) is 8.96. The van der Waals surface area contributed by atoms with Gasteiger partial charge in [-0.05, 0) is 22.8 Å². The van der Waals surface area contributed by atoms with Crippen LogP contribution in [-0.2, 0) is 6.54 Å². The van der Waals surface area contributed by atoms with Gasteiger partial charge in [-0.3, -0.25) is 4.98 Å². The first-order chi connectivity index (χ1) is 7.88. The van der Waals surface area contributed by atoms with Crippen LogP contribution in [0.1, 0.15) is 16.7 Å². The van der Waals surface area contributed by atoms with Crippen molar-refractivity contribution in [3.05, 3.63) is 65.5 Å². The molecule has 2 aromatic rings. The van der Waals surface area contributed by atoms with Crippen LogP contribution in [0, 0.1) is 0 Å². The highest BCUT2D eigenvalue weighted by molar-refractivity contribution is 5.69. The van der Waals surface area contributed by atoms with E-state index in [1.807, 2.05) is 36.5 Å². The van der Waals surface area contributed by atoms with Gasteiger partial charge in [0.25, 0.3) is 0 Å². The van der Waals surface area contributed by atoms with Gasteiger partial charge in [-0.1, -0.05) is 42.5 Å². The summed E-state index contributed by atoms with van der Waals surface area (Å²) in [5.74, 6) is 0. The number of hydrogen-bond donors (Lipinski definition) is 1. The molecule has 0 aliphatic heterocycles. The molecule has 1 aromatic carbocycles. The first-order valence-corrected chi connectivity index (χ1v) is 5.25. The van der Waals surface area contributed by atoms with E-state index in [0.717, 1.165) is 11.1 Å². The van der Waals surface area contributed by atoms with Crippen LogP contribution in [0.4, 0.5) is 0 Å². The van der Waals surface area contributed by atoms with E-state index in [1.54, 1.807) is 6.20 Å². The maximum Gasteiger partial charge on any atom is 0.0340 e. The van der Waals surface area contributed by atoms with Crippen molar-refractivity contribution in [1.29, 1.82) is 0 Å². The number of pyridine rings is 1. The van der Waals surface area contributed by atoms with Crippen LogP contribution >= 0.6 is 0 Å². The minimum atomic E-state index is 0.590. The Hall–Kier alpha value is -1.93. The van der Waals surface area contributed by atoms with E-state index in [-0.39, 0.29) is 0 Å². The van der Waals surface area contributed by atoms with Crippen LogP contribution in [-0.4, -0.2) is 4.98 Å². The van der Waals surface area contributed by atoms with Crippen molar-refractivity contribution in [2.24, 2.45) is 5.73 Å². The second-order valence-corrected chi connectivity index (χ2v) is 3.57. The molecule has 0 saturated heterocycles. The molecule has 0 amide bonds. The molecule has 2 rings (SSSR count). The Morgan fingerprint density at radius 2 is 1.75 bits per heavy atom. The van der Waals surface area contributed by atoms with Crippen molar-refractivity contribution >= 4 is 12.2 Å². The molecule has 0 bridgehead atoms. The average molecular weight is 210 g/mol. The summed E-state index contributed by atoms with van der Waals surface area (Å²) in [4.78, 5) is 4.06. The monoisotopic (exact) mass is 210 g/mol. The molecule has 16 heavy (non-hydrogen) atoms. The zero-order valence-corrected chi connectivity index (χ0v) is 9.01. The van der Waals surface area contributed by atoms with E-state index in [9.17, 15) is 0 Å². The van der Waals surface area contributed by atoms with Gasteiger partial charge in [-0.25, -0.2) is 0 Å². The number of nitrogens with two attached hydrogens (primary N) is 1. The first-order valence-electron chi connectivity index (χ1n) is 5.25. The molecule has 1 heterocycles. The predicted octanol–water partition coefficient (Wildman–Crippen LogP) is 2.71. The highest BCUT2D eigenvalue weighted by atomic mass is 14.6. The fourth-order valence-electron chi connectivity index (χ4n) is 1.43. The van der Waals surface area contributed by atoms with E-state index >= 15 is 0 Å². The number of hydrogen-bond acceptors (Lipinski definition) is 2. The summed E-state index contributed by atoms with van der Waals surface area (Å²) in [6, 6.07) is 12.2. The zero-order valence-electron chi connectivity index (χ0n) is 9.01. The van der Waals surface area contributed by atoms with Gasteiger partial charge in [0, 0.05) is 18.9 Å². The first kappa shape index (κ1) is 10.6. The third-order valence-electron chi connectivity index (χ3n) is 2.37. The summed E-state index contributed by atoms with van der Waals surface area (Å²) in [6.07, 6.45) is 7.72. The Labute approximate surface area is 95.5 Å². The highest BCUT2D eigenvalue weighted by Gasteiger charge is 1.89. The van der Waals surface area contributed by atoms with Gasteiger partial charge in [-0.15, -0.1) is 0 Å². The predicted molar refractivity (Wildman–Crippen MR) is 67.5 cm³/mol. The normalized spacial score (nSPS) is 10.8. The Kier molecular flexibility index (Phi) is 3.46. The lowest BCUT2D eigenvalue weighted by atomic mass is 10.1. The van der Waals surface area contributed by atoms with Gasteiger partial charge in [0.2, 0.25) is 0 Å². The van der Waals surface area contributed by atoms with Gasteiger partial charge in [0.15, 0.2) is 0 Å². The molecular weight excluding hydrogens is 196 g/mol. The molecule has 0 atom stereocenters. The molecule has 2 nitrogen and oxygen atoms in total. The molecule has 2 heteroatoms. The third-order valence-corrected chi connectivity index (χ3v) is 2.37. The molecule has 80 valence electrons. The van der Waals surface area contributed by atoms with Crippen molar-refractivity contribution in [2.75, 3.05) is 0 Å². The Morgan fingerprint density at radius 1 is 1.00 bits per heavy atom. The van der Waals surface area contributed by atoms with Crippen molar-refractivity contribution in [1.82, 2.24) is 4.98 Å². The standard InChI is InChI=1S/C14H14N2/c15-10-13-6-3-12(4-7-13)5-8-14-2-1-9-16-11-14/h1-9,11H,10,15H2. The number of rotatable bonds is 3. The Bertz CT molecular complexity index is 458. The smallest absolute Gasteiger partial charge is 0.0340 e. The van der Waals surface area contributed by atoms with E-state index in [0.29, 0.717) is 6.54 Å². The molecule has 0 unspecified atom stereocenters. The van der Waals surface area contributed by atoms with Gasteiger partial charge in [-0.2, -0.15) is 0 Å². The maximum absolute atomic E-state index is 5.54. The lowest BCUT2D eigenvalue weighted by molar-refractivity contribution is 1.07. The molecular formula is C14H14N2. The quantitative estimate of drug-likeness (QED) is 0.846. The number of nitrogens with zero attached hydrogens (tertiary/aromatic N) is 1. The lowest BCUT2D eigenvalue weighted by Crippen LogP contribution is -1.94. The minimum absolute atomic E-state index is 0.590. The Morgan fingerprint density at radius 3 is 2.38 bits per heavy atom. The summed E-state index contributed by atoms with van der Waals surface area (Å²) in [7, 11) is 0. The van der Waals surface area contributed by atoms with Crippen LogP contribution in [0.25, 0.3) is 12.2 Å². The van der Waals surface area contributed by atoms with Crippen molar-refractivity contribution in [3.8, 4) is 0 Å². The largest absolute Gasteiger partial charge is 0.326 e. The Balaban J connectivity index is 2.12. The van der Waals surface area contributed by atoms with E-state index in [4.69, 9.17) is 5.73 Å². The van der Waals surface area contributed by atoms with Crippen molar-refractivity contribution in [2.45, 2.75) is 6.54 Å². The van der Waals surface area contributed by atoms with Crippen molar-refractivity contribution in [3.63, 3.8) is 0 Å². The van der Waals surface area contributed by atoms with Crippen LogP contribution in [0.3, 0.4) is 0 Å². The molecule has 0 spiro atoms. The molecule has 1 aromatic heterocycles. The zero-order chi connectivity index (χ0) is 11.2. The fourth-order valence-corrected chi connectivity index (χ4v) is 1.43. The second-order valence-electron chi connectivity index (χ2n) is 3.57. The van der Waals surface area contributed by atoms with Crippen LogP contribution in [0.15, 0.2) is 48.8 Å². The van der Waals surface area contributed by atoms with Gasteiger partial charge in [0.1, 0.15) is 0 Å². The van der Waals surface area contributed by atoms with Crippen molar-refractivity contribution < 1.29 is 0 Å². The number of aromatic nitrogens is 1. The van der Waals surface area contributed by atoms with E-state index in [1.165, 1.54) is 5.56 Å². The molecule has 0 aliphatic rings. The summed E-state index contributed by atoms with van der Waals surface area (Å²) < 4.78 is 0. The molecule has 0 saturated carbocycles. The van der Waals surface area contributed by atoms with Crippen LogP contribution in [0.2, 0.25) is 0 Å².